The van der Waals surface area contributed by atoms with Crippen molar-refractivity contribution in [1.82, 2.24) is 4.31 Å². The molecule has 0 aliphatic heterocycles. The van der Waals surface area contributed by atoms with Gasteiger partial charge in [0.15, 0.2) is 0 Å². The Kier molecular flexibility index (Phi) is 6.00. The van der Waals surface area contributed by atoms with Crippen molar-refractivity contribution < 1.29 is 33.0 Å². The highest BCUT2D eigenvalue weighted by molar-refractivity contribution is 7.89. The maximum Gasteiger partial charge on any atom is 0.303 e. The maximum absolute atomic E-state index is 12.8. The van der Waals surface area contributed by atoms with Crippen molar-refractivity contribution >= 4 is 41.2 Å². The van der Waals surface area contributed by atoms with Crippen molar-refractivity contribution in [3.63, 3.8) is 0 Å². The van der Waals surface area contributed by atoms with Crippen LogP contribution in [0.15, 0.2) is 47.4 Å². The second kappa shape index (κ2) is 7.55. The summed E-state index contributed by atoms with van der Waals surface area (Å²) in [7, 11) is -14.4. The standard InChI is InChI=1S/C14H15F2NO6S3/c15-24(18,19)9-7-17(8-10-25(16,20)21)26(22,23)14-6-5-12-3-1-2-4-13(12)11-14/h1-6,11H,7-10H2. The molecule has 0 heterocycles. The summed E-state index contributed by atoms with van der Waals surface area (Å²) in [5, 5.41) is 1.32. The Hall–Kier alpha value is -1.63. The van der Waals surface area contributed by atoms with E-state index in [-0.39, 0.29) is 4.90 Å². The van der Waals surface area contributed by atoms with Gasteiger partial charge in [-0.2, -0.15) is 21.1 Å². The van der Waals surface area contributed by atoms with Gasteiger partial charge in [-0.05, 0) is 22.9 Å². The fraction of sp³-hybridized carbons (Fsp3) is 0.286. The molecule has 0 atom stereocenters. The first-order valence-corrected chi connectivity index (χ1v) is 11.8. The van der Waals surface area contributed by atoms with Crippen molar-refractivity contribution in [2.75, 3.05) is 24.6 Å². The van der Waals surface area contributed by atoms with E-state index in [1.807, 2.05) is 0 Å². The van der Waals surface area contributed by atoms with E-state index in [0.717, 1.165) is 5.39 Å². The monoisotopic (exact) mass is 427 g/mol. The van der Waals surface area contributed by atoms with Crippen molar-refractivity contribution in [2.24, 2.45) is 0 Å². The van der Waals surface area contributed by atoms with Crippen LogP contribution in [0.25, 0.3) is 10.8 Å². The lowest BCUT2D eigenvalue weighted by atomic mass is 10.1. The topological polar surface area (TPSA) is 106 Å². The highest BCUT2D eigenvalue weighted by Gasteiger charge is 2.28. The highest BCUT2D eigenvalue weighted by Crippen LogP contribution is 2.22. The van der Waals surface area contributed by atoms with Gasteiger partial charge in [0.2, 0.25) is 10.0 Å². The molecule has 0 saturated heterocycles. The molecule has 2 aromatic rings. The van der Waals surface area contributed by atoms with Crippen molar-refractivity contribution in [2.45, 2.75) is 4.90 Å². The minimum absolute atomic E-state index is 0.247. The number of rotatable bonds is 8. The number of halogens is 2. The van der Waals surface area contributed by atoms with E-state index in [9.17, 15) is 33.0 Å². The van der Waals surface area contributed by atoms with Gasteiger partial charge in [-0.25, -0.2) is 8.42 Å². The number of benzene rings is 2. The van der Waals surface area contributed by atoms with Gasteiger partial charge in [0.25, 0.3) is 0 Å². The van der Waals surface area contributed by atoms with Crippen LogP contribution in [0.5, 0.6) is 0 Å². The normalized spacial score (nSPS) is 13.3. The number of fused-ring (bicyclic) bond motifs is 1. The van der Waals surface area contributed by atoms with Gasteiger partial charge in [-0.15, -0.1) is 7.77 Å². The summed E-state index contributed by atoms with van der Waals surface area (Å²) in [5.41, 5.74) is 0. The number of hydrogen-bond donors (Lipinski definition) is 0. The van der Waals surface area contributed by atoms with Crippen LogP contribution >= 0.6 is 0 Å². The lowest BCUT2D eigenvalue weighted by Gasteiger charge is -2.21. The largest absolute Gasteiger partial charge is 0.303 e. The van der Waals surface area contributed by atoms with Crippen LogP contribution in [0.1, 0.15) is 0 Å². The molecular weight excluding hydrogens is 412 g/mol. The number of hydrogen-bond acceptors (Lipinski definition) is 6. The first kappa shape index (κ1) is 20.7. The quantitative estimate of drug-likeness (QED) is 0.590. The fourth-order valence-corrected chi connectivity index (χ4v) is 4.84. The van der Waals surface area contributed by atoms with E-state index in [4.69, 9.17) is 0 Å². The molecule has 0 amide bonds. The zero-order chi connectivity index (χ0) is 19.6. The fourth-order valence-electron chi connectivity index (χ4n) is 2.25. The van der Waals surface area contributed by atoms with Crippen LogP contribution in [0.3, 0.4) is 0 Å². The Morgan fingerprint density at radius 2 is 1.23 bits per heavy atom. The van der Waals surface area contributed by atoms with Gasteiger partial charge in [0.05, 0.1) is 16.4 Å². The molecule has 0 aromatic heterocycles. The molecule has 0 N–H and O–H groups in total. The van der Waals surface area contributed by atoms with Crippen LogP contribution in [0, 0.1) is 0 Å². The van der Waals surface area contributed by atoms with Crippen molar-refractivity contribution in [3.8, 4) is 0 Å². The van der Waals surface area contributed by atoms with E-state index in [1.165, 1.54) is 18.2 Å². The predicted molar refractivity (Wildman–Crippen MR) is 92.5 cm³/mol. The molecular formula is C14H15F2NO6S3. The molecule has 12 heteroatoms. The average molecular weight is 427 g/mol. The summed E-state index contributed by atoms with van der Waals surface area (Å²) in [6.07, 6.45) is 0. The van der Waals surface area contributed by atoms with Crippen LogP contribution in [0.2, 0.25) is 0 Å². The van der Waals surface area contributed by atoms with E-state index >= 15 is 0 Å². The zero-order valence-corrected chi connectivity index (χ0v) is 15.7. The number of sulfonamides is 1. The smallest absolute Gasteiger partial charge is 0.207 e. The van der Waals surface area contributed by atoms with Gasteiger partial charge in [0, 0.05) is 13.1 Å². The third kappa shape index (κ3) is 5.69. The summed E-state index contributed by atoms with van der Waals surface area (Å²) < 4.78 is 94.2. The van der Waals surface area contributed by atoms with E-state index in [2.05, 4.69) is 0 Å². The molecule has 0 spiro atoms. The molecule has 0 unspecified atom stereocenters. The summed E-state index contributed by atoms with van der Waals surface area (Å²) >= 11 is 0. The van der Waals surface area contributed by atoms with Crippen LogP contribution in [-0.2, 0) is 30.5 Å². The second-order valence-corrected chi connectivity index (χ2v) is 10.3. The zero-order valence-electron chi connectivity index (χ0n) is 13.2. The average Bonchev–Trinajstić information content (AvgIpc) is 2.52. The summed E-state index contributed by atoms with van der Waals surface area (Å²) in [6.45, 7) is -1.69. The van der Waals surface area contributed by atoms with E-state index in [1.54, 1.807) is 24.3 Å². The molecule has 0 bridgehead atoms. The molecule has 2 aromatic carbocycles. The van der Waals surface area contributed by atoms with Crippen molar-refractivity contribution in [3.05, 3.63) is 42.5 Å². The molecule has 0 saturated carbocycles. The molecule has 0 radical (unpaired) electrons. The van der Waals surface area contributed by atoms with Gasteiger partial charge in [-0.3, -0.25) is 0 Å². The Morgan fingerprint density at radius 1 is 0.731 bits per heavy atom. The van der Waals surface area contributed by atoms with Crippen molar-refractivity contribution in [1.29, 1.82) is 0 Å². The molecule has 7 nitrogen and oxygen atoms in total. The summed E-state index contributed by atoms with van der Waals surface area (Å²) in [6, 6.07) is 10.9. The maximum atomic E-state index is 12.8. The Labute approximate surface area is 150 Å². The first-order valence-electron chi connectivity index (χ1n) is 7.22. The Balaban J connectivity index is 2.40. The highest BCUT2D eigenvalue weighted by atomic mass is 32.3. The Bertz CT molecular complexity index is 1080. The number of nitrogens with zero attached hydrogens (tertiary/aromatic N) is 1. The Morgan fingerprint density at radius 3 is 1.73 bits per heavy atom. The summed E-state index contributed by atoms with van der Waals surface area (Å²) in [5.74, 6) is -2.35. The lowest BCUT2D eigenvalue weighted by molar-refractivity contribution is 0.438. The second-order valence-electron chi connectivity index (χ2n) is 5.40. The third-order valence-corrected chi connectivity index (χ3v) is 6.76. The molecule has 0 aliphatic carbocycles. The van der Waals surface area contributed by atoms with Crippen LogP contribution < -0.4 is 0 Å². The first-order chi connectivity index (χ1) is 11.9. The SMILES string of the molecule is O=S(=O)(F)CCN(CCS(=O)(=O)F)S(=O)(=O)c1ccc2ccccc2c1. The van der Waals surface area contributed by atoms with Gasteiger partial charge >= 0.3 is 20.4 Å². The lowest BCUT2D eigenvalue weighted by Crippen LogP contribution is -2.37. The van der Waals surface area contributed by atoms with Gasteiger partial charge in [-0.1, -0.05) is 30.3 Å². The minimum Gasteiger partial charge on any atom is -0.207 e. The van der Waals surface area contributed by atoms with Crippen LogP contribution in [0.4, 0.5) is 7.77 Å². The van der Waals surface area contributed by atoms with E-state index in [0.29, 0.717) is 9.69 Å². The molecule has 0 fully saturated rings. The van der Waals surface area contributed by atoms with Gasteiger partial charge in [0.1, 0.15) is 0 Å². The molecule has 0 aliphatic rings. The summed E-state index contributed by atoms with van der Waals surface area (Å²) in [4.78, 5) is -0.247. The predicted octanol–water partition coefficient (Wildman–Crippen LogP) is 1.43. The molecule has 2 rings (SSSR count). The van der Waals surface area contributed by atoms with Gasteiger partial charge < -0.3 is 0 Å². The molecule has 26 heavy (non-hydrogen) atoms. The molecule has 144 valence electrons. The third-order valence-electron chi connectivity index (χ3n) is 3.53. The van der Waals surface area contributed by atoms with E-state index < -0.39 is 55.1 Å². The minimum atomic E-state index is -5.00. The van der Waals surface area contributed by atoms with Crippen LogP contribution in [-0.4, -0.2) is 54.2 Å².